The summed E-state index contributed by atoms with van der Waals surface area (Å²) in [5.74, 6) is -0.0923. The fourth-order valence-corrected chi connectivity index (χ4v) is 3.42. The minimum absolute atomic E-state index is 0.0923. The van der Waals surface area contributed by atoms with E-state index in [4.69, 9.17) is 0 Å². The number of rotatable bonds is 3. The molecular formula is C15H12BrN3OS. The minimum atomic E-state index is -0.0923. The standard InChI is InChI=1S/C15H12BrN3OS/c1-2-19(14(20)10-7-11(16)9-17-8-10)15-18-12-5-3-4-6-13(12)21-15/h3-9H,2H2,1H3. The molecule has 1 aromatic carbocycles. The topological polar surface area (TPSA) is 46.1 Å². The predicted octanol–water partition coefficient (Wildman–Crippen LogP) is 4.12. The quantitative estimate of drug-likeness (QED) is 0.704. The highest BCUT2D eigenvalue weighted by atomic mass is 79.9. The summed E-state index contributed by atoms with van der Waals surface area (Å²) in [5.41, 5.74) is 1.46. The second-order valence-electron chi connectivity index (χ2n) is 4.41. The van der Waals surface area contributed by atoms with Crippen molar-refractivity contribution in [3.8, 4) is 0 Å². The number of nitrogens with zero attached hydrogens (tertiary/aromatic N) is 3. The second kappa shape index (κ2) is 5.91. The number of para-hydroxylation sites is 1. The number of pyridine rings is 1. The number of hydrogen-bond donors (Lipinski definition) is 0. The molecular weight excluding hydrogens is 350 g/mol. The first-order valence-corrected chi connectivity index (χ1v) is 8.08. The van der Waals surface area contributed by atoms with E-state index in [0.717, 1.165) is 14.7 Å². The van der Waals surface area contributed by atoms with Crippen molar-refractivity contribution in [2.75, 3.05) is 11.4 Å². The Morgan fingerprint density at radius 1 is 1.33 bits per heavy atom. The predicted molar refractivity (Wildman–Crippen MR) is 88.9 cm³/mol. The van der Waals surface area contributed by atoms with Crippen LogP contribution in [0.15, 0.2) is 47.2 Å². The van der Waals surface area contributed by atoms with Crippen molar-refractivity contribution in [2.24, 2.45) is 0 Å². The molecule has 0 aliphatic carbocycles. The van der Waals surface area contributed by atoms with E-state index < -0.39 is 0 Å². The van der Waals surface area contributed by atoms with E-state index in [1.165, 1.54) is 11.3 Å². The van der Waals surface area contributed by atoms with Crippen molar-refractivity contribution in [1.82, 2.24) is 9.97 Å². The van der Waals surface area contributed by atoms with Gasteiger partial charge in [-0.05, 0) is 41.1 Å². The number of carbonyl (C=O) groups is 1. The van der Waals surface area contributed by atoms with E-state index in [1.54, 1.807) is 23.4 Å². The van der Waals surface area contributed by atoms with Crippen LogP contribution in [0.1, 0.15) is 17.3 Å². The highest BCUT2D eigenvalue weighted by Crippen LogP contribution is 2.29. The summed E-state index contributed by atoms with van der Waals surface area (Å²) < 4.78 is 1.86. The van der Waals surface area contributed by atoms with Crippen LogP contribution in [0.3, 0.4) is 0 Å². The molecule has 3 aromatic rings. The zero-order chi connectivity index (χ0) is 14.8. The molecule has 0 bridgehead atoms. The van der Waals surface area contributed by atoms with E-state index in [1.807, 2.05) is 31.2 Å². The van der Waals surface area contributed by atoms with Crippen LogP contribution in [0, 0.1) is 0 Å². The molecule has 2 aromatic heterocycles. The number of carbonyl (C=O) groups excluding carboxylic acids is 1. The number of thiazole rings is 1. The maximum atomic E-state index is 12.6. The Bertz CT molecular complexity index is 769. The third-order valence-electron chi connectivity index (χ3n) is 3.03. The molecule has 0 aliphatic rings. The maximum absolute atomic E-state index is 12.6. The Labute approximate surface area is 134 Å². The Morgan fingerprint density at radius 3 is 2.86 bits per heavy atom. The Balaban J connectivity index is 1.99. The number of halogens is 1. The van der Waals surface area contributed by atoms with E-state index in [9.17, 15) is 4.79 Å². The largest absolute Gasteiger partial charge is 0.284 e. The van der Waals surface area contributed by atoms with Crippen LogP contribution < -0.4 is 4.90 Å². The van der Waals surface area contributed by atoms with E-state index in [0.29, 0.717) is 17.2 Å². The van der Waals surface area contributed by atoms with Gasteiger partial charge >= 0.3 is 0 Å². The van der Waals surface area contributed by atoms with E-state index in [2.05, 4.69) is 25.9 Å². The molecule has 0 fully saturated rings. The van der Waals surface area contributed by atoms with Crippen LogP contribution in [-0.4, -0.2) is 22.4 Å². The van der Waals surface area contributed by atoms with Crippen LogP contribution in [0.5, 0.6) is 0 Å². The molecule has 0 N–H and O–H groups in total. The minimum Gasteiger partial charge on any atom is -0.284 e. The van der Waals surface area contributed by atoms with Gasteiger partial charge in [-0.1, -0.05) is 23.5 Å². The number of hydrogen-bond acceptors (Lipinski definition) is 4. The van der Waals surface area contributed by atoms with Crippen LogP contribution in [-0.2, 0) is 0 Å². The Morgan fingerprint density at radius 2 is 2.14 bits per heavy atom. The van der Waals surface area contributed by atoms with E-state index in [-0.39, 0.29) is 5.91 Å². The first kappa shape index (κ1) is 14.2. The van der Waals surface area contributed by atoms with Gasteiger partial charge in [0.25, 0.3) is 5.91 Å². The lowest BCUT2D eigenvalue weighted by molar-refractivity contribution is 0.0988. The summed E-state index contributed by atoms with van der Waals surface area (Å²) in [5, 5.41) is 0.712. The Kier molecular flexibility index (Phi) is 3.98. The summed E-state index contributed by atoms with van der Waals surface area (Å²) in [6.45, 7) is 2.50. The first-order chi connectivity index (χ1) is 10.2. The van der Waals surface area contributed by atoms with Crippen LogP contribution in [0.25, 0.3) is 10.2 Å². The fraction of sp³-hybridized carbons (Fsp3) is 0.133. The molecule has 6 heteroatoms. The number of anilines is 1. The molecule has 1 amide bonds. The molecule has 0 atom stereocenters. The monoisotopic (exact) mass is 361 g/mol. The summed E-state index contributed by atoms with van der Waals surface area (Å²) >= 11 is 4.86. The zero-order valence-corrected chi connectivity index (χ0v) is 13.7. The van der Waals surface area contributed by atoms with Crippen molar-refractivity contribution < 1.29 is 4.79 Å². The van der Waals surface area contributed by atoms with Crippen molar-refractivity contribution in [3.05, 3.63) is 52.8 Å². The number of amides is 1. The Hall–Kier alpha value is -1.79. The van der Waals surface area contributed by atoms with Crippen molar-refractivity contribution in [1.29, 1.82) is 0 Å². The number of benzene rings is 1. The molecule has 2 heterocycles. The van der Waals surface area contributed by atoms with Gasteiger partial charge in [-0.15, -0.1) is 0 Å². The van der Waals surface area contributed by atoms with Gasteiger partial charge in [-0.25, -0.2) is 4.98 Å². The van der Waals surface area contributed by atoms with Gasteiger partial charge in [0.2, 0.25) is 0 Å². The third kappa shape index (κ3) is 2.82. The molecule has 0 aliphatic heterocycles. The fourth-order valence-electron chi connectivity index (χ4n) is 2.03. The molecule has 0 radical (unpaired) electrons. The van der Waals surface area contributed by atoms with Gasteiger partial charge in [0.05, 0.1) is 15.8 Å². The molecule has 3 rings (SSSR count). The zero-order valence-electron chi connectivity index (χ0n) is 11.3. The van der Waals surface area contributed by atoms with Crippen LogP contribution >= 0.6 is 27.3 Å². The molecule has 0 saturated carbocycles. The third-order valence-corrected chi connectivity index (χ3v) is 4.52. The molecule has 0 saturated heterocycles. The lowest BCUT2D eigenvalue weighted by Crippen LogP contribution is -2.30. The van der Waals surface area contributed by atoms with Gasteiger partial charge in [-0.2, -0.15) is 0 Å². The first-order valence-electron chi connectivity index (χ1n) is 6.47. The molecule has 0 spiro atoms. The van der Waals surface area contributed by atoms with Gasteiger partial charge in [-0.3, -0.25) is 14.7 Å². The number of aromatic nitrogens is 2. The molecule has 0 unspecified atom stereocenters. The average Bonchev–Trinajstić information content (AvgIpc) is 2.91. The summed E-state index contributed by atoms with van der Waals surface area (Å²) in [7, 11) is 0. The highest BCUT2D eigenvalue weighted by Gasteiger charge is 2.20. The summed E-state index contributed by atoms with van der Waals surface area (Å²) in [6.07, 6.45) is 3.23. The van der Waals surface area contributed by atoms with Crippen molar-refractivity contribution in [3.63, 3.8) is 0 Å². The van der Waals surface area contributed by atoms with Crippen molar-refractivity contribution >= 4 is 48.5 Å². The van der Waals surface area contributed by atoms with Gasteiger partial charge < -0.3 is 0 Å². The van der Waals surface area contributed by atoms with Crippen LogP contribution in [0.2, 0.25) is 0 Å². The lowest BCUT2D eigenvalue weighted by atomic mass is 10.2. The molecule has 106 valence electrons. The summed E-state index contributed by atoms with van der Waals surface area (Å²) in [6, 6.07) is 9.65. The lowest BCUT2D eigenvalue weighted by Gasteiger charge is -2.17. The van der Waals surface area contributed by atoms with Crippen molar-refractivity contribution in [2.45, 2.75) is 6.92 Å². The van der Waals surface area contributed by atoms with Gasteiger partial charge in [0.1, 0.15) is 0 Å². The average molecular weight is 362 g/mol. The van der Waals surface area contributed by atoms with E-state index >= 15 is 0 Å². The smallest absolute Gasteiger partial charge is 0.261 e. The SMILES string of the molecule is CCN(C(=O)c1cncc(Br)c1)c1nc2ccccc2s1. The number of fused-ring (bicyclic) bond motifs is 1. The highest BCUT2D eigenvalue weighted by molar-refractivity contribution is 9.10. The molecule has 4 nitrogen and oxygen atoms in total. The molecule has 21 heavy (non-hydrogen) atoms. The normalized spacial score (nSPS) is 10.8. The van der Waals surface area contributed by atoms with Gasteiger partial charge in [0, 0.05) is 23.4 Å². The summed E-state index contributed by atoms with van der Waals surface area (Å²) in [4.78, 5) is 22.9. The maximum Gasteiger partial charge on any atom is 0.261 e. The second-order valence-corrected chi connectivity index (χ2v) is 6.33. The van der Waals surface area contributed by atoms with Crippen LogP contribution in [0.4, 0.5) is 5.13 Å². The van der Waals surface area contributed by atoms with Gasteiger partial charge in [0.15, 0.2) is 5.13 Å².